The molecule has 2 N–H and O–H groups in total. The van der Waals surface area contributed by atoms with Gasteiger partial charge in [-0.25, -0.2) is 4.98 Å². The molecule has 1 rings (SSSR count). The molecule has 68 valence electrons. The normalized spacial score (nSPS) is 11.7. The molecular weight excluding hydrogens is 240 g/mol. The van der Waals surface area contributed by atoms with E-state index in [-0.39, 0.29) is 0 Å². The molecule has 0 saturated heterocycles. The summed E-state index contributed by atoms with van der Waals surface area (Å²) in [5, 5.41) is 15.1. The molecular formula is C7H11BrN2OS. The van der Waals surface area contributed by atoms with Gasteiger partial charge in [-0.15, -0.1) is 11.3 Å². The largest absolute Gasteiger partial charge is 0.389 e. The lowest BCUT2D eigenvalue weighted by Gasteiger charge is -2.16. The van der Waals surface area contributed by atoms with Gasteiger partial charge in [0.1, 0.15) is 4.60 Å². The molecule has 0 radical (unpaired) electrons. The number of halogens is 1. The first-order chi connectivity index (χ1) is 5.47. The lowest BCUT2D eigenvalue weighted by atomic mass is 10.1. The van der Waals surface area contributed by atoms with Crippen molar-refractivity contribution in [2.45, 2.75) is 19.4 Å². The van der Waals surface area contributed by atoms with Crippen LogP contribution in [-0.4, -0.2) is 22.2 Å². The smallest absolute Gasteiger partial charge is 0.183 e. The van der Waals surface area contributed by atoms with Gasteiger partial charge in [0.05, 0.1) is 5.60 Å². The molecule has 0 atom stereocenters. The van der Waals surface area contributed by atoms with E-state index in [0.29, 0.717) is 6.54 Å². The molecule has 3 nitrogen and oxygen atoms in total. The van der Waals surface area contributed by atoms with Crippen molar-refractivity contribution in [2.24, 2.45) is 0 Å². The Balaban J connectivity index is 2.44. The molecule has 0 aliphatic heterocycles. The van der Waals surface area contributed by atoms with E-state index in [2.05, 4.69) is 26.2 Å². The maximum absolute atomic E-state index is 9.39. The van der Waals surface area contributed by atoms with Crippen molar-refractivity contribution in [3.8, 4) is 0 Å². The molecule has 0 aliphatic rings. The summed E-state index contributed by atoms with van der Waals surface area (Å²) in [5.74, 6) is 0. The van der Waals surface area contributed by atoms with Crippen molar-refractivity contribution in [1.29, 1.82) is 0 Å². The van der Waals surface area contributed by atoms with Crippen LogP contribution in [0.5, 0.6) is 0 Å². The van der Waals surface area contributed by atoms with E-state index in [4.69, 9.17) is 0 Å². The van der Waals surface area contributed by atoms with Crippen molar-refractivity contribution in [2.75, 3.05) is 11.9 Å². The zero-order chi connectivity index (χ0) is 9.19. The van der Waals surface area contributed by atoms with E-state index in [0.717, 1.165) is 9.73 Å². The first kappa shape index (κ1) is 9.95. The van der Waals surface area contributed by atoms with Gasteiger partial charge in [0, 0.05) is 11.9 Å². The lowest BCUT2D eigenvalue weighted by Crippen LogP contribution is -2.29. The van der Waals surface area contributed by atoms with Crippen LogP contribution in [0.25, 0.3) is 0 Å². The topological polar surface area (TPSA) is 45.1 Å². The van der Waals surface area contributed by atoms with Crippen LogP contribution in [0, 0.1) is 0 Å². The summed E-state index contributed by atoms with van der Waals surface area (Å²) in [6, 6.07) is 0. The van der Waals surface area contributed by atoms with Gasteiger partial charge in [0.2, 0.25) is 0 Å². The van der Waals surface area contributed by atoms with Gasteiger partial charge in [-0.05, 0) is 29.8 Å². The SMILES string of the molecule is CC(C)(O)CNc1nc(Br)cs1. The van der Waals surface area contributed by atoms with Crippen LogP contribution >= 0.6 is 27.3 Å². The van der Waals surface area contributed by atoms with Gasteiger partial charge in [-0.1, -0.05) is 0 Å². The van der Waals surface area contributed by atoms with E-state index in [1.54, 1.807) is 13.8 Å². The van der Waals surface area contributed by atoms with Crippen molar-refractivity contribution < 1.29 is 5.11 Å². The Morgan fingerprint density at radius 2 is 2.42 bits per heavy atom. The number of aromatic nitrogens is 1. The fourth-order valence-electron chi connectivity index (χ4n) is 0.627. The zero-order valence-electron chi connectivity index (χ0n) is 6.97. The number of hydrogen-bond acceptors (Lipinski definition) is 4. The van der Waals surface area contributed by atoms with E-state index in [9.17, 15) is 5.11 Å². The summed E-state index contributed by atoms with van der Waals surface area (Å²) < 4.78 is 0.825. The van der Waals surface area contributed by atoms with Crippen molar-refractivity contribution in [3.05, 3.63) is 9.98 Å². The van der Waals surface area contributed by atoms with Crippen molar-refractivity contribution in [1.82, 2.24) is 4.98 Å². The summed E-state index contributed by atoms with van der Waals surface area (Å²) in [5.41, 5.74) is -0.696. The highest BCUT2D eigenvalue weighted by molar-refractivity contribution is 9.10. The minimum atomic E-state index is -0.696. The summed E-state index contributed by atoms with van der Waals surface area (Å²) >= 11 is 4.76. The Morgan fingerprint density at radius 1 is 1.75 bits per heavy atom. The second-order valence-corrected chi connectivity index (χ2v) is 4.81. The molecule has 0 saturated carbocycles. The standard InChI is InChI=1S/C7H11BrN2OS/c1-7(2,11)4-9-6-10-5(8)3-12-6/h3,11H,4H2,1-2H3,(H,9,10). The van der Waals surface area contributed by atoms with E-state index in [1.165, 1.54) is 11.3 Å². The predicted octanol–water partition coefficient (Wildman–Crippen LogP) is 2.09. The van der Waals surface area contributed by atoms with Gasteiger partial charge in [-0.2, -0.15) is 0 Å². The van der Waals surface area contributed by atoms with Crippen LogP contribution in [0.4, 0.5) is 5.13 Å². The van der Waals surface area contributed by atoms with E-state index in [1.807, 2.05) is 5.38 Å². The number of rotatable bonds is 3. The highest BCUT2D eigenvalue weighted by Crippen LogP contribution is 2.19. The van der Waals surface area contributed by atoms with Gasteiger partial charge in [0.15, 0.2) is 5.13 Å². The molecule has 1 heterocycles. The summed E-state index contributed by atoms with van der Waals surface area (Å²) in [6.07, 6.45) is 0. The molecule has 12 heavy (non-hydrogen) atoms. The monoisotopic (exact) mass is 250 g/mol. The fourth-order valence-corrected chi connectivity index (χ4v) is 1.77. The first-order valence-electron chi connectivity index (χ1n) is 3.55. The zero-order valence-corrected chi connectivity index (χ0v) is 9.37. The first-order valence-corrected chi connectivity index (χ1v) is 5.22. The highest BCUT2D eigenvalue weighted by Gasteiger charge is 2.12. The van der Waals surface area contributed by atoms with Crippen LogP contribution in [0.2, 0.25) is 0 Å². The number of nitrogens with zero attached hydrogens (tertiary/aromatic N) is 1. The van der Waals surface area contributed by atoms with Crippen LogP contribution < -0.4 is 5.32 Å². The Labute approximate surface area is 84.0 Å². The Bertz CT molecular complexity index is 256. The summed E-state index contributed by atoms with van der Waals surface area (Å²) in [7, 11) is 0. The number of hydrogen-bond donors (Lipinski definition) is 2. The number of nitrogens with one attached hydrogen (secondary N) is 1. The third-order valence-corrected chi connectivity index (χ3v) is 2.66. The molecule has 0 bridgehead atoms. The van der Waals surface area contributed by atoms with Crippen LogP contribution in [0.15, 0.2) is 9.98 Å². The molecule has 0 aliphatic carbocycles. The Kier molecular flexibility index (Phi) is 3.09. The Morgan fingerprint density at radius 3 is 2.83 bits per heavy atom. The molecule has 0 aromatic carbocycles. The molecule has 5 heteroatoms. The third-order valence-electron chi connectivity index (χ3n) is 1.15. The predicted molar refractivity (Wildman–Crippen MR) is 54.6 cm³/mol. The van der Waals surface area contributed by atoms with E-state index < -0.39 is 5.60 Å². The van der Waals surface area contributed by atoms with Crippen LogP contribution in [0.1, 0.15) is 13.8 Å². The second kappa shape index (κ2) is 3.72. The molecule has 0 amide bonds. The fraction of sp³-hybridized carbons (Fsp3) is 0.571. The highest BCUT2D eigenvalue weighted by atomic mass is 79.9. The average molecular weight is 251 g/mol. The van der Waals surface area contributed by atoms with Gasteiger partial charge in [-0.3, -0.25) is 0 Å². The second-order valence-electron chi connectivity index (χ2n) is 3.14. The number of thiazole rings is 1. The molecule has 0 spiro atoms. The van der Waals surface area contributed by atoms with Gasteiger partial charge < -0.3 is 10.4 Å². The Hall–Kier alpha value is -0.130. The minimum absolute atomic E-state index is 0.507. The average Bonchev–Trinajstić information content (AvgIpc) is 2.30. The maximum Gasteiger partial charge on any atom is 0.183 e. The lowest BCUT2D eigenvalue weighted by molar-refractivity contribution is 0.0945. The summed E-state index contributed by atoms with van der Waals surface area (Å²) in [6.45, 7) is 4.01. The maximum atomic E-state index is 9.39. The molecule has 1 aromatic heterocycles. The van der Waals surface area contributed by atoms with Crippen molar-refractivity contribution in [3.63, 3.8) is 0 Å². The molecule has 0 fully saturated rings. The van der Waals surface area contributed by atoms with Gasteiger partial charge in [0.25, 0.3) is 0 Å². The number of aliphatic hydroxyl groups is 1. The summed E-state index contributed by atoms with van der Waals surface area (Å²) in [4.78, 5) is 4.13. The van der Waals surface area contributed by atoms with Crippen LogP contribution in [-0.2, 0) is 0 Å². The number of anilines is 1. The van der Waals surface area contributed by atoms with Crippen LogP contribution in [0.3, 0.4) is 0 Å². The molecule has 1 aromatic rings. The van der Waals surface area contributed by atoms with E-state index >= 15 is 0 Å². The quantitative estimate of drug-likeness (QED) is 0.864. The minimum Gasteiger partial charge on any atom is -0.389 e. The van der Waals surface area contributed by atoms with Crippen molar-refractivity contribution >= 4 is 32.4 Å². The molecule has 0 unspecified atom stereocenters. The third kappa shape index (κ3) is 3.51. The van der Waals surface area contributed by atoms with Gasteiger partial charge >= 0.3 is 0 Å².